The molecular formula is C15H18N4O. The quantitative estimate of drug-likeness (QED) is 0.881. The number of imidazole rings is 1. The van der Waals surface area contributed by atoms with E-state index in [2.05, 4.69) is 28.3 Å². The number of carbonyl (C=O) groups excluding carboxylic acids is 1. The zero-order valence-corrected chi connectivity index (χ0v) is 11.5. The van der Waals surface area contributed by atoms with Gasteiger partial charge >= 0.3 is 6.03 Å². The van der Waals surface area contributed by atoms with Gasteiger partial charge in [0, 0.05) is 18.7 Å². The number of hydrogen-bond acceptors (Lipinski definition) is 2. The third kappa shape index (κ3) is 2.52. The maximum Gasteiger partial charge on any atom is 0.322 e. The van der Waals surface area contributed by atoms with Crippen molar-refractivity contribution in [3.63, 3.8) is 0 Å². The number of nitrogens with one attached hydrogen (secondary N) is 2. The molecule has 0 spiro atoms. The average molecular weight is 270 g/mol. The van der Waals surface area contributed by atoms with E-state index >= 15 is 0 Å². The fourth-order valence-electron chi connectivity index (χ4n) is 2.46. The number of hydrogen-bond donors (Lipinski definition) is 2. The van der Waals surface area contributed by atoms with Crippen LogP contribution in [0.25, 0.3) is 0 Å². The highest BCUT2D eigenvalue weighted by molar-refractivity contribution is 5.89. The Balaban J connectivity index is 1.68. The van der Waals surface area contributed by atoms with E-state index in [1.54, 1.807) is 11.2 Å². The van der Waals surface area contributed by atoms with Crippen LogP contribution in [0.2, 0.25) is 0 Å². The van der Waals surface area contributed by atoms with Gasteiger partial charge in [-0.2, -0.15) is 0 Å². The van der Waals surface area contributed by atoms with Crippen LogP contribution < -0.4 is 5.32 Å². The van der Waals surface area contributed by atoms with Crippen LogP contribution in [-0.4, -0.2) is 27.4 Å². The molecule has 0 radical (unpaired) electrons. The third-order valence-corrected chi connectivity index (χ3v) is 3.65. The lowest BCUT2D eigenvalue weighted by Crippen LogP contribution is -2.38. The van der Waals surface area contributed by atoms with Crippen LogP contribution in [0.4, 0.5) is 10.5 Å². The SMILES string of the molecule is CCc1cccc(NC(=O)N2CCc3nc[nH]c3C2)c1. The number of aromatic nitrogens is 2. The molecule has 1 aliphatic rings. The predicted molar refractivity (Wildman–Crippen MR) is 77.5 cm³/mol. The summed E-state index contributed by atoms with van der Waals surface area (Å²) in [4.78, 5) is 21.4. The Kier molecular flexibility index (Phi) is 3.41. The molecule has 5 nitrogen and oxygen atoms in total. The first-order chi connectivity index (χ1) is 9.76. The molecule has 0 bridgehead atoms. The topological polar surface area (TPSA) is 61.0 Å². The maximum atomic E-state index is 12.3. The molecule has 2 amide bonds. The molecule has 1 aliphatic heterocycles. The van der Waals surface area contributed by atoms with E-state index in [0.29, 0.717) is 13.1 Å². The van der Waals surface area contributed by atoms with Crippen LogP contribution in [0.15, 0.2) is 30.6 Å². The number of carbonyl (C=O) groups is 1. The van der Waals surface area contributed by atoms with Gasteiger partial charge in [-0.1, -0.05) is 19.1 Å². The first-order valence-corrected chi connectivity index (χ1v) is 6.92. The molecule has 104 valence electrons. The first kappa shape index (κ1) is 12.7. The highest BCUT2D eigenvalue weighted by atomic mass is 16.2. The first-order valence-electron chi connectivity index (χ1n) is 6.92. The molecule has 0 unspecified atom stereocenters. The Morgan fingerprint density at radius 2 is 2.40 bits per heavy atom. The van der Waals surface area contributed by atoms with Gasteiger partial charge in [0.15, 0.2) is 0 Å². The molecule has 5 heteroatoms. The van der Waals surface area contributed by atoms with E-state index in [9.17, 15) is 4.79 Å². The zero-order valence-electron chi connectivity index (χ0n) is 11.5. The van der Waals surface area contributed by atoms with Crippen molar-refractivity contribution >= 4 is 11.7 Å². The Morgan fingerprint density at radius 1 is 1.50 bits per heavy atom. The molecule has 0 fully saturated rings. The number of anilines is 1. The van der Waals surface area contributed by atoms with Gasteiger partial charge in [-0.05, 0) is 24.1 Å². The Labute approximate surface area is 118 Å². The predicted octanol–water partition coefficient (Wildman–Crippen LogP) is 2.56. The van der Waals surface area contributed by atoms with Crippen molar-refractivity contribution in [2.45, 2.75) is 26.3 Å². The second-order valence-electron chi connectivity index (χ2n) is 4.98. The van der Waals surface area contributed by atoms with E-state index in [4.69, 9.17) is 0 Å². The van der Waals surface area contributed by atoms with Crippen molar-refractivity contribution in [2.24, 2.45) is 0 Å². The molecule has 20 heavy (non-hydrogen) atoms. The van der Waals surface area contributed by atoms with E-state index in [-0.39, 0.29) is 6.03 Å². The van der Waals surface area contributed by atoms with Gasteiger partial charge in [0.2, 0.25) is 0 Å². The molecular weight excluding hydrogens is 252 g/mol. The molecule has 0 saturated carbocycles. The highest BCUT2D eigenvalue weighted by Gasteiger charge is 2.22. The normalized spacial score (nSPS) is 13.9. The van der Waals surface area contributed by atoms with Crippen molar-refractivity contribution in [3.8, 4) is 0 Å². The van der Waals surface area contributed by atoms with Crippen molar-refractivity contribution in [1.29, 1.82) is 0 Å². The fourth-order valence-corrected chi connectivity index (χ4v) is 2.46. The summed E-state index contributed by atoms with van der Waals surface area (Å²) in [5, 5.41) is 2.96. The summed E-state index contributed by atoms with van der Waals surface area (Å²) < 4.78 is 0. The van der Waals surface area contributed by atoms with Crippen LogP contribution in [-0.2, 0) is 19.4 Å². The number of urea groups is 1. The molecule has 1 aromatic heterocycles. The Morgan fingerprint density at radius 3 is 3.25 bits per heavy atom. The fraction of sp³-hybridized carbons (Fsp3) is 0.333. The summed E-state index contributed by atoms with van der Waals surface area (Å²) in [6, 6.07) is 7.91. The van der Waals surface area contributed by atoms with Gasteiger partial charge in [-0.3, -0.25) is 0 Å². The number of rotatable bonds is 2. The Hall–Kier alpha value is -2.30. The van der Waals surface area contributed by atoms with Crippen LogP contribution in [0.1, 0.15) is 23.9 Å². The van der Waals surface area contributed by atoms with Gasteiger partial charge < -0.3 is 15.2 Å². The highest BCUT2D eigenvalue weighted by Crippen LogP contribution is 2.17. The van der Waals surface area contributed by atoms with Crippen LogP contribution in [0.3, 0.4) is 0 Å². The number of H-pyrrole nitrogens is 1. The minimum Gasteiger partial charge on any atom is -0.347 e. The van der Waals surface area contributed by atoms with Gasteiger partial charge in [0.25, 0.3) is 0 Å². The largest absolute Gasteiger partial charge is 0.347 e. The van der Waals surface area contributed by atoms with Gasteiger partial charge in [-0.25, -0.2) is 9.78 Å². The number of nitrogens with zero attached hydrogens (tertiary/aromatic N) is 2. The van der Waals surface area contributed by atoms with Crippen molar-refractivity contribution in [2.75, 3.05) is 11.9 Å². The van der Waals surface area contributed by atoms with Gasteiger partial charge in [0.05, 0.1) is 24.3 Å². The van der Waals surface area contributed by atoms with Gasteiger partial charge in [0.1, 0.15) is 0 Å². The molecule has 1 aromatic carbocycles. The summed E-state index contributed by atoms with van der Waals surface area (Å²) in [7, 11) is 0. The minimum atomic E-state index is -0.0569. The summed E-state index contributed by atoms with van der Waals surface area (Å²) in [6.45, 7) is 3.40. The van der Waals surface area contributed by atoms with Crippen LogP contribution in [0.5, 0.6) is 0 Å². The van der Waals surface area contributed by atoms with E-state index in [1.165, 1.54) is 5.56 Å². The lowest BCUT2D eigenvalue weighted by atomic mass is 10.1. The molecule has 0 aliphatic carbocycles. The average Bonchev–Trinajstić information content (AvgIpc) is 2.94. The van der Waals surface area contributed by atoms with E-state index < -0.39 is 0 Å². The van der Waals surface area contributed by atoms with Gasteiger partial charge in [-0.15, -0.1) is 0 Å². The number of amides is 2. The van der Waals surface area contributed by atoms with Crippen LogP contribution in [0, 0.1) is 0 Å². The smallest absolute Gasteiger partial charge is 0.322 e. The third-order valence-electron chi connectivity index (χ3n) is 3.65. The number of benzene rings is 1. The van der Waals surface area contributed by atoms with Crippen molar-refractivity contribution in [1.82, 2.24) is 14.9 Å². The summed E-state index contributed by atoms with van der Waals surface area (Å²) in [5.41, 5.74) is 4.18. The van der Waals surface area contributed by atoms with Crippen LogP contribution >= 0.6 is 0 Å². The molecule has 2 N–H and O–H groups in total. The second kappa shape index (κ2) is 5.36. The summed E-state index contributed by atoms with van der Waals surface area (Å²) in [6.07, 6.45) is 3.46. The molecule has 3 rings (SSSR count). The lowest BCUT2D eigenvalue weighted by molar-refractivity contribution is 0.205. The van der Waals surface area contributed by atoms with E-state index in [0.717, 1.165) is 29.9 Å². The second-order valence-corrected chi connectivity index (χ2v) is 4.98. The summed E-state index contributed by atoms with van der Waals surface area (Å²) in [5.74, 6) is 0. The summed E-state index contributed by atoms with van der Waals surface area (Å²) >= 11 is 0. The standard InChI is InChI=1S/C15H18N4O/c1-2-11-4-3-5-12(8-11)18-15(20)19-7-6-13-14(9-19)17-10-16-13/h3-5,8,10H,2,6-7,9H2,1H3,(H,16,17)(H,18,20). The lowest BCUT2D eigenvalue weighted by Gasteiger charge is -2.26. The molecule has 2 heterocycles. The number of fused-ring (bicyclic) bond motifs is 1. The molecule has 2 aromatic rings. The molecule has 0 saturated heterocycles. The zero-order chi connectivity index (χ0) is 13.9. The van der Waals surface area contributed by atoms with Crippen molar-refractivity contribution < 1.29 is 4.79 Å². The number of aryl methyl sites for hydroxylation is 1. The van der Waals surface area contributed by atoms with E-state index in [1.807, 2.05) is 18.2 Å². The maximum absolute atomic E-state index is 12.3. The minimum absolute atomic E-state index is 0.0569. The van der Waals surface area contributed by atoms with Crippen molar-refractivity contribution in [3.05, 3.63) is 47.5 Å². The monoisotopic (exact) mass is 270 g/mol. The number of aromatic amines is 1. The Bertz CT molecular complexity index is 620. The molecule has 0 atom stereocenters.